The Morgan fingerprint density at radius 3 is 2.38 bits per heavy atom. The maximum atomic E-state index is 13.8. The molecule has 1 aliphatic heterocycles. The van der Waals surface area contributed by atoms with Crippen molar-refractivity contribution >= 4 is 46.7 Å². The maximum Gasteiger partial charge on any atom is 0.407 e. The van der Waals surface area contributed by atoms with E-state index >= 15 is 0 Å². The number of primary amides is 1. The number of amides is 3. The van der Waals surface area contributed by atoms with Crippen LogP contribution in [0.15, 0.2) is 88.5 Å². The number of anilines is 1. The summed E-state index contributed by atoms with van der Waals surface area (Å²) >= 11 is 2.98. The monoisotopic (exact) mass is 555 g/mol. The topological polar surface area (TPSA) is 102 Å². The molecule has 6 rings (SSSR count). The minimum absolute atomic E-state index is 0.0751. The molecule has 0 saturated heterocycles. The third-order valence-corrected chi connectivity index (χ3v) is 8.95. The van der Waals surface area contributed by atoms with Gasteiger partial charge in [-0.15, -0.1) is 11.8 Å². The lowest BCUT2D eigenvalue weighted by atomic mass is 9.98. The second-order valence-corrected chi connectivity index (χ2v) is 11.3. The fraction of sp³-hybridized carbons (Fsp3) is 0.167. The van der Waals surface area contributed by atoms with E-state index in [4.69, 9.17) is 10.5 Å². The number of nitrogens with zero attached hydrogens (tertiary/aromatic N) is 1. The molecular weight excluding hydrogens is 530 g/mol. The largest absolute Gasteiger partial charge is 0.449 e. The lowest BCUT2D eigenvalue weighted by Gasteiger charge is -2.26. The highest BCUT2D eigenvalue weighted by molar-refractivity contribution is 7.99. The number of benzene rings is 3. The summed E-state index contributed by atoms with van der Waals surface area (Å²) in [7, 11) is 0. The van der Waals surface area contributed by atoms with E-state index in [1.807, 2.05) is 41.1 Å². The van der Waals surface area contributed by atoms with Crippen LogP contribution in [0, 0.1) is 0 Å². The lowest BCUT2D eigenvalue weighted by molar-refractivity contribution is -0.120. The molecule has 1 aliphatic carbocycles. The van der Waals surface area contributed by atoms with Crippen LogP contribution >= 0.6 is 23.1 Å². The van der Waals surface area contributed by atoms with Crippen molar-refractivity contribution in [2.45, 2.75) is 23.4 Å². The number of fused-ring (bicyclic) bond motifs is 4. The van der Waals surface area contributed by atoms with Gasteiger partial charge in [-0.3, -0.25) is 9.59 Å². The van der Waals surface area contributed by atoms with Crippen LogP contribution in [0.3, 0.4) is 0 Å². The van der Waals surface area contributed by atoms with Crippen LogP contribution < -0.4 is 16.0 Å². The first-order valence-electron chi connectivity index (χ1n) is 12.5. The second kappa shape index (κ2) is 10.6. The summed E-state index contributed by atoms with van der Waals surface area (Å²) in [6.07, 6.45) is -0.643. The number of hydrogen-bond donors (Lipinski definition) is 2. The van der Waals surface area contributed by atoms with Crippen LogP contribution in [0.2, 0.25) is 0 Å². The van der Waals surface area contributed by atoms with Gasteiger partial charge in [-0.25, -0.2) is 4.79 Å². The van der Waals surface area contributed by atoms with Crippen LogP contribution in [0.5, 0.6) is 0 Å². The number of nitrogens with one attached hydrogen (secondary N) is 1. The Labute approximate surface area is 234 Å². The third kappa shape index (κ3) is 4.91. The van der Waals surface area contributed by atoms with E-state index < -0.39 is 18.0 Å². The molecule has 0 radical (unpaired) electrons. The third-order valence-electron chi connectivity index (χ3n) is 7.06. The van der Waals surface area contributed by atoms with Crippen molar-refractivity contribution in [1.82, 2.24) is 5.32 Å². The van der Waals surface area contributed by atoms with Crippen molar-refractivity contribution in [3.8, 4) is 11.1 Å². The van der Waals surface area contributed by atoms with Crippen molar-refractivity contribution in [1.29, 1.82) is 0 Å². The Bertz CT molecular complexity index is 1520. The minimum Gasteiger partial charge on any atom is -0.449 e. The molecule has 0 unspecified atom stereocenters. The van der Waals surface area contributed by atoms with Crippen molar-refractivity contribution in [3.05, 3.63) is 106 Å². The molecule has 1 atom stereocenters. The molecule has 2 heterocycles. The molecule has 4 aromatic rings. The van der Waals surface area contributed by atoms with E-state index in [1.54, 1.807) is 23.1 Å². The molecule has 196 valence electrons. The molecule has 7 nitrogen and oxygen atoms in total. The molecule has 3 aromatic carbocycles. The van der Waals surface area contributed by atoms with E-state index in [0.29, 0.717) is 23.5 Å². The molecule has 9 heteroatoms. The SMILES string of the molecule is NC(=O)c1ccc2c(c1)N(Cc1ccsc1)C(=O)[C@@H](NC(=O)OCC1c3ccccc3-c3ccccc31)CS2. The first-order valence-corrected chi connectivity index (χ1v) is 14.4. The van der Waals surface area contributed by atoms with E-state index in [9.17, 15) is 14.4 Å². The van der Waals surface area contributed by atoms with Gasteiger partial charge in [-0.1, -0.05) is 48.5 Å². The summed E-state index contributed by atoms with van der Waals surface area (Å²) in [5, 5.41) is 6.71. The van der Waals surface area contributed by atoms with Gasteiger partial charge >= 0.3 is 6.09 Å². The molecule has 2 aliphatic rings. The van der Waals surface area contributed by atoms with Gasteiger partial charge < -0.3 is 20.7 Å². The minimum atomic E-state index is -0.811. The van der Waals surface area contributed by atoms with Crippen molar-refractivity contribution in [2.24, 2.45) is 5.73 Å². The van der Waals surface area contributed by atoms with Gasteiger partial charge in [0.05, 0.1) is 12.2 Å². The summed E-state index contributed by atoms with van der Waals surface area (Å²) in [5.41, 5.74) is 11.9. The molecule has 0 bridgehead atoms. The number of ether oxygens (including phenoxy) is 1. The zero-order chi connectivity index (χ0) is 26.9. The number of nitrogens with two attached hydrogens (primary N) is 1. The van der Waals surface area contributed by atoms with E-state index in [0.717, 1.165) is 32.7 Å². The van der Waals surface area contributed by atoms with E-state index in [1.165, 1.54) is 23.1 Å². The number of carbonyl (C=O) groups excluding carboxylic acids is 3. The van der Waals surface area contributed by atoms with Gasteiger partial charge in [0.1, 0.15) is 12.6 Å². The molecule has 0 spiro atoms. The Hall–Kier alpha value is -4.08. The fourth-order valence-electron chi connectivity index (χ4n) is 5.17. The van der Waals surface area contributed by atoms with Crippen molar-refractivity contribution in [3.63, 3.8) is 0 Å². The normalized spacial score (nSPS) is 16.2. The highest BCUT2D eigenvalue weighted by atomic mass is 32.2. The van der Waals surface area contributed by atoms with Gasteiger partial charge in [-0.05, 0) is 62.8 Å². The molecule has 39 heavy (non-hydrogen) atoms. The van der Waals surface area contributed by atoms with Crippen LogP contribution in [-0.4, -0.2) is 36.3 Å². The second-order valence-electron chi connectivity index (χ2n) is 9.44. The number of hydrogen-bond acceptors (Lipinski definition) is 6. The summed E-state index contributed by atoms with van der Waals surface area (Å²) < 4.78 is 5.71. The predicted molar refractivity (Wildman–Crippen MR) is 153 cm³/mol. The Balaban J connectivity index is 1.20. The molecule has 0 saturated carbocycles. The number of thiophene rings is 1. The molecule has 3 N–H and O–H groups in total. The van der Waals surface area contributed by atoms with Gasteiger partial charge in [0.25, 0.3) is 5.91 Å². The number of alkyl carbamates (subject to hydrolysis) is 1. The number of carbonyl (C=O) groups is 3. The van der Waals surface area contributed by atoms with Crippen LogP contribution in [0.25, 0.3) is 11.1 Å². The average molecular weight is 556 g/mol. The Kier molecular flexibility index (Phi) is 6.85. The zero-order valence-electron chi connectivity index (χ0n) is 20.8. The standard InChI is InChI=1S/C30H25N3O4S2/c31-28(34)19-9-10-27-26(13-19)33(14-18-11-12-38-16-18)29(35)25(17-39-27)32-30(36)37-15-24-22-7-3-1-5-20(22)21-6-2-4-8-23(21)24/h1-13,16,24-25H,14-15,17H2,(H2,31,34)(H,32,36)/t25-/m0/s1. The summed E-state index contributed by atoms with van der Waals surface area (Å²) in [6.45, 7) is 0.468. The number of rotatable bonds is 6. The maximum absolute atomic E-state index is 13.8. The summed E-state index contributed by atoms with van der Waals surface area (Å²) in [5.74, 6) is -0.591. The fourth-order valence-corrected chi connectivity index (χ4v) is 6.88. The van der Waals surface area contributed by atoms with Crippen LogP contribution in [0.1, 0.15) is 33.0 Å². The molecular formula is C30H25N3O4S2. The smallest absolute Gasteiger partial charge is 0.407 e. The van der Waals surface area contributed by atoms with Crippen molar-refractivity contribution < 1.29 is 19.1 Å². The average Bonchev–Trinajstić information content (AvgIpc) is 3.55. The first-order chi connectivity index (χ1) is 19.0. The zero-order valence-corrected chi connectivity index (χ0v) is 22.5. The highest BCUT2D eigenvalue weighted by Crippen LogP contribution is 2.44. The van der Waals surface area contributed by atoms with Crippen LogP contribution in [-0.2, 0) is 16.1 Å². The summed E-state index contributed by atoms with van der Waals surface area (Å²) in [6, 6.07) is 22.5. The Morgan fingerprint density at radius 1 is 1.00 bits per heavy atom. The first kappa shape index (κ1) is 25.2. The molecule has 1 aromatic heterocycles. The van der Waals surface area contributed by atoms with Gasteiger partial charge in [-0.2, -0.15) is 11.3 Å². The molecule has 3 amide bonds. The van der Waals surface area contributed by atoms with Crippen LogP contribution in [0.4, 0.5) is 10.5 Å². The Morgan fingerprint density at radius 2 is 1.72 bits per heavy atom. The lowest BCUT2D eigenvalue weighted by Crippen LogP contribution is -2.49. The number of thioether (sulfide) groups is 1. The van der Waals surface area contributed by atoms with E-state index in [-0.39, 0.29) is 18.4 Å². The predicted octanol–water partition coefficient (Wildman–Crippen LogP) is 5.39. The molecule has 0 fully saturated rings. The van der Waals surface area contributed by atoms with Gasteiger partial charge in [0.2, 0.25) is 5.91 Å². The quantitative estimate of drug-likeness (QED) is 0.332. The highest BCUT2D eigenvalue weighted by Gasteiger charge is 2.34. The van der Waals surface area contributed by atoms with Crippen molar-refractivity contribution in [2.75, 3.05) is 17.3 Å². The van der Waals surface area contributed by atoms with Gasteiger partial charge in [0.15, 0.2) is 0 Å². The van der Waals surface area contributed by atoms with Gasteiger partial charge in [0, 0.05) is 22.1 Å². The van der Waals surface area contributed by atoms with E-state index in [2.05, 4.69) is 29.6 Å². The summed E-state index contributed by atoms with van der Waals surface area (Å²) in [4.78, 5) is 41.1.